The first kappa shape index (κ1) is 19.8. The van der Waals surface area contributed by atoms with Crippen molar-refractivity contribution in [3.63, 3.8) is 0 Å². The maximum Gasteiger partial charge on any atom is 0.262 e. The summed E-state index contributed by atoms with van der Waals surface area (Å²) in [7, 11) is 0. The molecule has 2 aromatic heterocycles. The Balaban J connectivity index is 1.64. The van der Waals surface area contributed by atoms with E-state index in [9.17, 15) is 9.59 Å². The molecule has 8 heteroatoms. The molecule has 0 saturated carbocycles. The predicted molar refractivity (Wildman–Crippen MR) is 108 cm³/mol. The third-order valence-corrected chi connectivity index (χ3v) is 5.22. The summed E-state index contributed by atoms with van der Waals surface area (Å²) >= 11 is 1.35. The molecular weight excluding hydrogens is 374 g/mol. The Morgan fingerprint density at radius 3 is 2.57 bits per heavy atom. The Labute approximate surface area is 167 Å². The third kappa shape index (κ3) is 5.04. The first-order valence-corrected chi connectivity index (χ1v) is 9.94. The molecule has 28 heavy (non-hydrogen) atoms. The van der Waals surface area contributed by atoms with Crippen LogP contribution in [0.1, 0.15) is 34.6 Å². The lowest BCUT2D eigenvalue weighted by Crippen LogP contribution is -2.49. The van der Waals surface area contributed by atoms with Crippen LogP contribution in [-0.2, 0) is 17.9 Å². The van der Waals surface area contributed by atoms with E-state index in [1.807, 2.05) is 49.6 Å². The second kappa shape index (κ2) is 9.27. The van der Waals surface area contributed by atoms with Gasteiger partial charge in [-0.3, -0.25) is 9.59 Å². The Hall–Kier alpha value is -3.00. The smallest absolute Gasteiger partial charge is 0.262 e. The largest absolute Gasteiger partial charge is 0.350 e. The van der Waals surface area contributed by atoms with Gasteiger partial charge in [0.1, 0.15) is 18.7 Å². The summed E-state index contributed by atoms with van der Waals surface area (Å²) in [5.74, 6) is -0.458. The highest BCUT2D eigenvalue weighted by molar-refractivity contribution is 7.12. The van der Waals surface area contributed by atoms with Gasteiger partial charge in [0.25, 0.3) is 5.91 Å². The van der Waals surface area contributed by atoms with Crippen molar-refractivity contribution in [2.75, 3.05) is 0 Å². The van der Waals surface area contributed by atoms with Crippen LogP contribution in [-0.4, -0.2) is 32.6 Å². The average Bonchev–Trinajstić information content (AvgIpc) is 3.38. The van der Waals surface area contributed by atoms with Crippen molar-refractivity contribution < 1.29 is 9.59 Å². The van der Waals surface area contributed by atoms with Crippen molar-refractivity contribution in [2.24, 2.45) is 5.92 Å². The highest BCUT2D eigenvalue weighted by Gasteiger charge is 2.25. The van der Waals surface area contributed by atoms with Crippen molar-refractivity contribution in [3.8, 4) is 0 Å². The number of nitrogens with zero attached hydrogens (tertiary/aromatic N) is 3. The summed E-state index contributed by atoms with van der Waals surface area (Å²) in [4.78, 5) is 29.6. The molecule has 0 fully saturated rings. The highest BCUT2D eigenvalue weighted by Crippen LogP contribution is 2.12. The van der Waals surface area contributed by atoms with Crippen molar-refractivity contribution in [2.45, 2.75) is 33.0 Å². The number of nitrogens with one attached hydrogen (secondary N) is 2. The molecule has 0 aliphatic carbocycles. The summed E-state index contributed by atoms with van der Waals surface area (Å²) < 4.78 is 1.73. The van der Waals surface area contributed by atoms with Gasteiger partial charge in [0.05, 0.1) is 11.4 Å². The summed E-state index contributed by atoms with van der Waals surface area (Å²) in [5.41, 5.74) is 2.05. The molecule has 1 atom stereocenters. The van der Waals surface area contributed by atoms with Gasteiger partial charge in [0.2, 0.25) is 5.91 Å². The molecular formula is C20H23N5O2S. The van der Waals surface area contributed by atoms with Gasteiger partial charge < -0.3 is 10.6 Å². The lowest BCUT2D eigenvalue weighted by atomic mass is 10.0. The minimum Gasteiger partial charge on any atom is -0.350 e. The van der Waals surface area contributed by atoms with Crippen LogP contribution in [0.4, 0.5) is 0 Å². The van der Waals surface area contributed by atoms with E-state index in [0.29, 0.717) is 18.0 Å². The number of carbonyl (C=O) groups is 2. The first-order chi connectivity index (χ1) is 13.5. The monoisotopic (exact) mass is 397 g/mol. The fourth-order valence-electron chi connectivity index (χ4n) is 2.82. The number of aromatic nitrogens is 3. The van der Waals surface area contributed by atoms with E-state index >= 15 is 0 Å². The van der Waals surface area contributed by atoms with Gasteiger partial charge in [-0.2, -0.15) is 5.10 Å². The van der Waals surface area contributed by atoms with E-state index in [-0.39, 0.29) is 17.7 Å². The second-order valence-electron chi connectivity index (χ2n) is 6.75. The average molecular weight is 398 g/mol. The lowest BCUT2D eigenvalue weighted by molar-refractivity contribution is -0.124. The normalized spacial score (nSPS) is 12.0. The van der Waals surface area contributed by atoms with Crippen molar-refractivity contribution in [1.82, 2.24) is 25.4 Å². The molecule has 7 nitrogen and oxygen atoms in total. The molecule has 0 aliphatic rings. The highest BCUT2D eigenvalue weighted by atomic mass is 32.1. The number of hydrogen-bond donors (Lipinski definition) is 2. The minimum absolute atomic E-state index is 0.0331. The molecule has 0 radical (unpaired) electrons. The van der Waals surface area contributed by atoms with Crippen LogP contribution in [0.15, 0.2) is 54.4 Å². The molecule has 2 N–H and O–H groups in total. The number of hydrogen-bond acceptors (Lipinski definition) is 5. The SMILES string of the molecule is CC(C)C(NC(=O)c1cccs1)C(=O)NCc1ccccc1Cn1cncn1. The Morgan fingerprint density at radius 1 is 1.14 bits per heavy atom. The van der Waals surface area contributed by atoms with E-state index in [1.165, 1.54) is 17.7 Å². The van der Waals surface area contributed by atoms with Crippen LogP contribution in [0.5, 0.6) is 0 Å². The van der Waals surface area contributed by atoms with Gasteiger partial charge in [-0.25, -0.2) is 9.67 Å². The molecule has 2 amide bonds. The molecule has 2 heterocycles. The third-order valence-electron chi connectivity index (χ3n) is 4.35. The van der Waals surface area contributed by atoms with Crippen molar-refractivity contribution in [1.29, 1.82) is 0 Å². The summed E-state index contributed by atoms with van der Waals surface area (Å²) in [6, 6.07) is 10.8. The zero-order valence-corrected chi connectivity index (χ0v) is 16.6. The zero-order chi connectivity index (χ0) is 19.9. The van der Waals surface area contributed by atoms with Crippen LogP contribution in [0.25, 0.3) is 0 Å². The van der Waals surface area contributed by atoms with Gasteiger partial charge in [0, 0.05) is 6.54 Å². The maximum atomic E-state index is 12.7. The summed E-state index contributed by atoms with van der Waals surface area (Å²) in [6.45, 7) is 4.78. The van der Waals surface area contributed by atoms with E-state index in [2.05, 4.69) is 20.7 Å². The van der Waals surface area contributed by atoms with Gasteiger partial charge >= 0.3 is 0 Å². The number of thiophene rings is 1. The van der Waals surface area contributed by atoms with Gasteiger partial charge in [0.15, 0.2) is 0 Å². The Bertz CT molecular complexity index is 907. The van der Waals surface area contributed by atoms with Crippen LogP contribution < -0.4 is 10.6 Å². The van der Waals surface area contributed by atoms with E-state index in [0.717, 1.165) is 11.1 Å². The molecule has 3 rings (SSSR count). The molecule has 0 saturated heterocycles. The minimum atomic E-state index is -0.600. The number of carbonyl (C=O) groups excluding carboxylic acids is 2. The molecule has 1 aromatic carbocycles. The van der Waals surface area contributed by atoms with E-state index < -0.39 is 6.04 Å². The molecule has 0 spiro atoms. The van der Waals surface area contributed by atoms with Crippen LogP contribution in [0, 0.1) is 5.92 Å². The molecule has 0 aliphatic heterocycles. The molecule has 146 valence electrons. The standard InChI is InChI=1S/C20H23N5O2S/c1-14(2)18(24-19(26)17-8-5-9-28-17)20(27)22-10-15-6-3-4-7-16(15)11-25-13-21-12-23-25/h3-9,12-14,18H,10-11H2,1-2H3,(H,22,27)(H,24,26). The maximum absolute atomic E-state index is 12.7. The number of benzene rings is 1. The van der Waals surface area contributed by atoms with Gasteiger partial charge in [-0.15, -0.1) is 11.3 Å². The number of rotatable bonds is 8. The summed E-state index contributed by atoms with van der Waals surface area (Å²) in [5, 5.41) is 11.8. The fourth-order valence-corrected chi connectivity index (χ4v) is 3.45. The van der Waals surface area contributed by atoms with Crippen LogP contribution in [0.2, 0.25) is 0 Å². The van der Waals surface area contributed by atoms with Crippen molar-refractivity contribution in [3.05, 3.63) is 70.4 Å². The van der Waals surface area contributed by atoms with Crippen LogP contribution in [0.3, 0.4) is 0 Å². The first-order valence-electron chi connectivity index (χ1n) is 9.06. The van der Waals surface area contributed by atoms with Crippen LogP contribution >= 0.6 is 11.3 Å². The fraction of sp³-hybridized carbons (Fsp3) is 0.300. The quantitative estimate of drug-likeness (QED) is 0.611. The van der Waals surface area contributed by atoms with E-state index in [4.69, 9.17) is 0 Å². The Kier molecular flexibility index (Phi) is 6.54. The molecule has 1 unspecified atom stereocenters. The molecule has 0 bridgehead atoms. The second-order valence-corrected chi connectivity index (χ2v) is 7.70. The molecule has 3 aromatic rings. The zero-order valence-electron chi connectivity index (χ0n) is 15.8. The van der Waals surface area contributed by atoms with Gasteiger partial charge in [-0.1, -0.05) is 44.2 Å². The lowest BCUT2D eigenvalue weighted by Gasteiger charge is -2.22. The Morgan fingerprint density at radius 2 is 1.93 bits per heavy atom. The number of amides is 2. The van der Waals surface area contributed by atoms with Crippen molar-refractivity contribution >= 4 is 23.2 Å². The topological polar surface area (TPSA) is 88.9 Å². The van der Waals surface area contributed by atoms with Gasteiger partial charge in [-0.05, 0) is 28.5 Å². The van der Waals surface area contributed by atoms with E-state index in [1.54, 1.807) is 17.1 Å². The summed E-state index contributed by atoms with van der Waals surface area (Å²) in [6.07, 6.45) is 3.15. The predicted octanol–water partition coefficient (Wildman–Crippen LogP) is 2.46.